The zero-order valence-electron chi connectivity index (χ0n) is 6.87. The van der Waals surface area contributed by atoms with Crippen LogP contribution in [0.3, 0.4) is 0 Å². The maximum atomic E-state index is 10.2. The van der Waals surface area contributed by atoms with E-state index in [2.05, 4.69) is 0 Å². The second-order valence-electron chi connectivity index (χ2n) is 2.56. The van der Waals surface area contributed by atoms with Gasteiger partial charge in [0.05, 0.1) is 6.61 Å². The van der Waals surface area contributed by atoms with Gasteiger partial charge in [0.1, 0.15) is 30.6 Å². The Morgan fingerprint density at radius 1 is 1.31 bits per heavy atom. The molecule has 0 rings (SSSR count). The van der Waals surface area contributed by atoms with Gasteiger partial charge in [-0.15, -0.1) is 0 Å². The van der Waals surface area contributed by atoms with Crippen LogP contribution in [0.4, 0.5) is 0 Å². The Morgan fingerprint density at radius 3 is 2.15 bits per heavy atom. The Kier molecular flexibility index (Phi) is 5.71. The van der Waals surface area contributed by atoms with Crippen molar-refractivity contribution in [3.8, 4) is 0 Å². The molecular formula is C6H14N2O5. The highest BCUT2D eigenvalue weighted by Gasteiger charge is 2.30. The lowest BCUT2D eigenvalue weighted by molar-refractivity contribution is -0.120. The molecule has 0 bridgehead atoms. The molecule has 0 aliphatic rings. The average Bonchev–Trinajstić information content (AvgIpc) is 2.17. The SMILES string of the molecule is NN[C@@H](C=O)[C@@H](O)[C@H](O)[C@H](O)CO. The molecule has 7 N–H and O–H groups in total. The van der Waals surface area contributed by atoms with Crippen LogP contribution in [0.15, 0.2) is 0 Å². The van der Waals surface area contributed by atoms with Crippen molar-refractivity contribution in [2.45, 2.75) is 24.4 Å². The third kappa shape index (κ3) is 3.35. The summed E-state index contributed by atoms with van der Waals surface area (Å²) in [5.41, 5.74) is 1.94. The van der Waals surface area contributed by atoms with Crippen LogP contribution in [-0.2, 0) is 4.79 Å². The Morgan fingerprint density at radius 2 is 1.85 bits per heavy atom. The molecule has 78 valence electrons. The lowest BCUT2D eigenvalue weighted by Gasteiger charge is -2.24. The molecule has 0 saturated heterocycles. The van der Waals surface area contributed by atoms with Crippen molar-refractivity contribution < 1.29 is 25.2 Å². The maximum Gasteiger partial charge on any atom is 0.140 e. The first-order valence-corrected chi connectivity index (χ1v) is 3.65. The summed E-state index contributed by atoms with van der Waals surface area (Å²) in [5, 5.41) is 35.6. The van der Waals surface area contributed by atoms with Gasteiger partial charge in [0.15, 0.2) is 0 Å². The Labute approximate surface area is 74.8 Å². The molecule has 0 aliphatic heterocycles. The summed E-state index contributed by atoms with van der Waals surface area (Å²) in [6.07, 6.45) is -4.41. The van der Waals surface area contributed by atoms with Gasteiger partial charge in [-0.3, -0.25) is 5.84 Å². The zero-order chi connectivity index (χ0) is 10.4. The number of aldehydes is 1. The van der Waals surface area contributed by atoms with Gasteiger partial charge in [-0.1, -0.05) is 0 Å². The van der Waals surface area contributed by atoms with Gasteiger partial charge in [-0.2, -0.15) is 0 Å². The number of hydrogen-bond donors (Lipinski definition) is 6. The highest BCUT2D eigenvalue weighted by Crippen LogP contribution is 2.02. The first-order chi connectivity index (χ1) is 6.08. The molecule has 7 heteroatoms. The van der Waals surface area contributed by atoms with E-state index in [-0.39, 0.29) is 6.29 Å². The van der Waals surface area contributed by atoms with Gasteiger partial charge < -0.3 is 25.2 Å². The number of hydrazine groups is 1. The van der Waals surface area contributed by atoms with Crippen molar-refractivity contribution in [3.63, 3.8) is 0 Å². The molecule has 0 aliphatic carbocycles. The number of carbonyl (C=O) groups is 1. The van der Waals surface area contributed by atoms with E-state index in [0.29, 0.717) is 0 Å². The smallest absolute Gasteiger partial charge is 0.140 e. The lowest BCUT2D eigenvalue weighted by atomic mass is 10.0. The number of nitrogens with one attached hydrogen (secondary N) is 1. The summed E-state index contributed by atoms with van der Waals surface area (Å²) in [6.45, 7) is -0.714. The quantitative estimate of drug-likeness (QED) is 0.144. The minimum Gasteiger partial charge on any atom is -0.394 e. The second kappa shape index (κ2) is 5.97. The van der Waals surface area contributed by atoms with Gasteiger partial charge in [-0.05, 0) is 0 Å². The molecule has 7 nitrogen and oxygen atoms in total. The summed E-state index contributed by atoms with van der Waals surface area (Å²) in [5.74, 6) is 4.87. The summed E-state index contributed by atoms with van der Waals surface area (Å²) < 4.78 is 0. The van der Waals surface area contributed by atoms with Crippen molar-refractivity contribution in [2.75, 3.05) is 6.61 Å². The van der Waals surface area contributed by atoms with Crippen LogP contribution in [0.25, 0.3) is 0 Å². The fourth-order valence-corrected chi connectivity index (χ4v) is 0.766. The molecule has 0 aromatic carbocycles. The third-order valence-electron chi connectivity index (χ3n) is 1.64. The van der Waals surface area contributed by atoms with Crippen LogP contribution in [0, 0.1) is 0 Å². The number of hydrogen-bond acceptors (Lipinski definition) is 7. The first-order valence-electron chi connectivity index (χ1n) is 3.65. The molecule has 4 atom stereocenters. The largest absolute Gasteiger partial charge is 0.394 e. The molecular weight excluding hydrogens is 180 g/mol. The number of rotatable bonds is 6. The summed E-state index contributed by atoms with van der Waals surface area (Å²) in [6, 6.07) is -1.18. The van der Waals surface area contributed by atoms with Gasteiger partial charge in [-0.25, -0.2) is 5.43 Å². The molecule has 0 heterocycles. The van der Waals surface area contributed by atoms with Crippen molar-refractivity contribution in [1.82, 2.24) is 5.43 Å². The predicted octanol–water partition coefficient (Wildman–Crippen LogP) is -3.91. The van der Waals surface area contributed by atoms with E-state index in [1.54, 1.807) is 0 Å². The number of nitrogens with two attached hydrogens (primary N) is 1. The minimum absolute atomic E-state index is 0.290. The van der Waals surface area contributed by atoms with Crippen LogP contribution < -0.4 is 11.3 Å². The average molecular weight is 194 g/mol. The van der Waals surface area contributed by atoms with Gasteiger partial charge in [0.2, 0.25) is 0 Å². The molecule has 0 aromatic heterocycles. The second-order valence-corrected chi connectivity index (χ2v) is 2.56. The fraction of sp³-hybridized carbons (Fsp3) is 0.833. The van der Waals surface area contributed by atoms with Crippen LogP contribution in [-0.4, -0.2) is 57.7 Å². The summed E-state index contributed by atoms with van der Waals surface area (Å²) >= 11 is 0. The molecule has 0 saturated carbocycles. The van der Waals surface area contributed by atoms with Crippen molar-refractivity contribution in [3.05, 3.63) is 0 Å². The van der Waals surface area contributed by atoms with Crippen molar-refractivity contribution in [2.24, 2.45) is 5.84 Å². The van der Waals surface area contributed by atoms with E-state index in [1.807, 2.05) is 5.43 Å². The number of aliphatic hydroxyl groups excluding tert-OH is 4. The van der Waals surface area contributed by atoms with Crippen LogP contribution in [0.2, 0.25) is 0 Å². The number of carbonyl (C=O) groups excluding carboxylic acids is 1. The molecule has 0 spiro atoms. The number of aliphatic hydroxyl groups is 4. The Bertz CT molecular complexity index is 156. The monoisotopic (exact) mass is 194 g/mol. The third-order valence-corrected chi connectivity index (χ3v) is 1.64. The van der Waals surface area contributed by atoms with Crippen LogP contribution in [0.1, 0.15) is 0 Å². The van der Waals surface area contributed by atoms with E-state index in [0.717, 1.165) is 0 Å². The van der Waals surface area contributed by atoms with Gasteiger partial charge in [0.25, 0.3) is 0 Å². The predicted molar refractivity (Wildman–Crippen MR) is 42.3 cm³/mol. The van der Waals surface area contributed by atoms with Crippen LogP contribution in [0.5, 0.6) is 0 Å². The Hall–Kier alpha value is -0.570. The van der Waals surface area contributed by atoms with E-state index in [9.17, 15) is 9.90 Å². The lowest BCUT2D eigenvalue weighted by Crippen LogP contribution is -2.53. The van der Waals surface area contributed by atoms with Gasteiger partial charge in [0, 0.05) is 0 Å². The zero-order valence-corrected chi connectivity index (χ0v) is 6.87. The normalized spacial score (nSPS) is 20.4. The summed E-state index contributed by atoms with van der Waals surface area (Å²) in [7, 11) is 0. The van der Waals surface area contributed by atoms with E-state index < -0.39 is 31.0 Å². The van der Waals surface area contributed by atoms with Crippen molar-refractivity contribution in [1.29, 1.82) is 0 Å². The molecule has 0 aromatic rings. The molecule has 0 radical (unpaired) electrons. The van der Waals surface area contributed by atoms with E-state index in [4.69, 9.17) is 21.2 Å². The first kappa shape index (κ1) is 12.4. The molecule has 0 unspecified atom stereocenters. The topological polar surface area (TPSA) is 136 Å². The summed E-state index contributed by atoms with van der Waals surface area (Å²) in [4.78, 5) is 10.2. The fourth-order valence-electron chi connectivity index (χ4n) is 0.766. The van der Waals surface area contributed by atoms with E-state index in [1.165, 1.54) is 0 Å². The van der Waals surface area contributed by atoms with E-state index >= 15 is 0 Å². The highest BCUT2D eigenvalue weighted by molar-refractivity contribution is 5.58. The van der Waals surface area contributed by atoms with Crippen molar-refractivity contribution >= 4 is 6.29 Å². The Balaban J connectivity index is 4.21. The molecule has 13 heavy (non-hydrogen) atoms. The molecule has 0 amide bonds. The minimum atomic E-state index is -1.63. The maximum absolute atomic E-state index is 10.2. The highest BCUT2D eigenvalue weighted by atomic mass is 16.4. The van der Waals surface area contributed by atoms with Gasteiger partial charge >= 0.3 is 0 Å². The van der Waals surface area contributed by atoms with Crippen LogP contribution >= 0.6 is 0 Å². The molecule has 0 fully saturated rings. The standard InChI is InChI=1S/C6H14N2O5/c7-8-3(1-9)5(12)6(13)4(11)2-10/h1,3-6,8,10-13H,2,7H2/t3-,4+,5+,6+/m0/s1.